The zero-order valence-corrected chi connectivity index (χ0v) is 12.0. The molecule has 0 spiro atoms. The number of rotatable bonds is 1. The van der Waals surface area contributed by atoms with Crippen molar-refractivity contribution in [1.82, 2.24) is 0 Å². The molecule has 1 amide bonds. The van der Waals surface area contributed by atoms with Crippen LogP contribution in [0.15, 0.2) is 16.6 Å². The second kappa shape index (κ2) is 4.02. The van der Waals surface area contributed by atoms with Gasteiger partial charge < -0.3 is 10.6 Å². The molecule has 1 aromatic rings. The lowest BCUT2D eigenvalue weighted by Crippen LogP contribution is -2.33. The SMILES string of the molecule is CCC(=O)N1CC(C)(C)c2cc(Br)cc(N)c21. The Morgan fingerprint density at radius 1 is 1.53 bits per heavy atom. The van der Waals surface area contributed by atoms with Gasteiger partial charge in [0.25, 0.3) is 0 Å². The first kappa shape index (κ1) is 12.4. The van der Waals surface area contributed by atoms with Crippen LogP contribution in [0.2, 0.25) is 0 Å². The van der Waals surface area contributed by atoms with Crippen LogP contribution in [0.4, 0.5) is 11.4 Å². The van der Waals surface area contributed by atoms with Gasteiger partial charge in [0.2, 0.25) is 5.91 Å². The van der Waals surface area contributed by atoms with E-state index in [-0.39, 0.29) is 11.3 Å². The highest BCUT2D eigenvalue weighted by atomic mass is 79.9. The van der Waals surface area contributed by atoms with Crippen LogP contribution >= 0.6 is 15.9 Å². The van der Waals surface area contributed by atoms with Crippen LogP contribution in [0.3, 0.4) is 0 Å². The van der Waals surface area contributed by atoms with E-state index in [1.165, 1.54) is 0 Å². The summed E-state index contributed by atoms with van der Waals surface area (Å²) in [6, 6.07) is 3.92. The number of halogens is 1. The smallest absolute Gasteiger partial charge is 0.226 e. The number of amides is 1. The molecule has 4 heteroatoms. The minimum Gasteiger partial charge on any atom is -0.397 e. The number of nitrogen functional groups attached to an aromatic ring is 1. The third-order valence-corrected chi connectivity index (χ3v) is 3.72. The lowest BCUT2D eigenvalue weighted by atomic mass is 9.87. The first-order chi connectivity index (χ1) is 7.86. The lowest BCUT2D eigenvalue weighted by molar-refractivity contribution is -0.118. The van der Waals surface area contributed by atoms with Crippen molar-refractivity contribution in [2.45, 2.75) is 32.6 Å². The summed E-state index contributed by atoms with van der Waals surface area (Å²) in [6.07, 6.45) is 0.505. The summed E-state index contributed by atoms with van der Waals surface area (Å²) in [7, 11) is 0. The highest BCUT2D eigenvalue weighted by molar-refractivity contribution is 9.10. The molecule has 92 valence electrons. The van der Waals surface area contributed by atoms with Gasteiger partial charge in [-0.15, -0.1) is 0 Å². The summed E-state index contributed by atoms with van der Waals surface area (Å²) in [5.41, 5.74) is 8.72. The minimum atomic E-state index is -0.0436. The highest BCUT2D eigenvalue weighted by Gasteiger charge is 2.38. The average Bonchev–Trinajstić information content (AvgIpc) is 2.50. The molecule has 0 saturated heterocycles. The Morgan fingerprint density at radius 2 is 2.18 bits per heavy atom. The van der Waals surface area contributed by atoms with Crippen LogP contribution in [0, 0.1) is 0 Å². The number of anilines is 2. The number of nitrogens with two attached hydrogens (primary N) is 1. The Hall–Kier alpha value is -1.03. The molecule has 0 bridgehead atoms. The fourth-order valence-corrected chi connectivity index (χ4v) is 2.88. The van der Waals surface area contributed by atoms with Crippen molar-refractivity contribution in [3.8, 4) is 0 Å². The molecule has 1 heterocycles. The topological polar surface area (TPSA) is 46.3 Å². The number of carbonyl (C=O) groups excluding carboxylic acids is 1. The molecular weight excluding hydrogens is 280 g/mol. The number of carbonyl (C=O) groups is 1. The van der Waals surface area contributed by atoms with Gasteiger partial charge in [-0.3, -0.25) is 4.79 Å². The fraction of sp³-hybridized carbons (Fsp3) is 0.462. The molecule has 0 unspecified atom stereocenters. The second-order valence-corrected chi connectivity index (χ2v) is 6.02. The second-order valence-electron chi connectivity index (χ2n) is 5.11. The third kappa shape index (κ3) is 1.95. The molecule has 1 aliphatic heterocycles. The van der Waals surface area contributed by atoms with Crippen LogP contribution in [-0.2, 0) is 10.2 Å². The van der Waals surface area contributed by atoms with E-state index in [1.807, 2.05) is 17.9 Å². The fourth-order valence-electron chi connectivity index (χ4n) is 2.40. The van der Waals surface area contributed by atoms with Gasteiger partial charge in [0.15, 0.2) is 0 Å². The maximum atomic E-state index is 12.0. The van der Waals surface area contributed by atoms with Gasteiger partial charge in [-0.05, 0) is 17.7 Å². The molecule has 0 saturated carbocycles. The van der Waals surface area contributed by atoms with Gasteiger partial charge in [-0.2, -0.15) is 0 Å². The Balaban J connectivity index is 2.61. The van der Waals surface area contributed by atoms with E-state index >= 15 is 0 Å². The quantitative estimate of drug-likeness (QED) is 0.810. The standard InChI is InChI=1S/C13H17BrN2O/c1-4-11(17)16-7-13(2,3)9-5-8(14)6-10(15)12(9)16/h5-6H,4,7,15H2,1-3H3. The molecule has 1 aromatic carbocycles. The highest BCUT2D eigenvalue weighted by Crippen LogP contribution is 2.45. The molecule has 2 rings (SSSR count). The molecule has 0 fully saturated rings. The molecule has 3 nitrogen and oxygen atoms in total. The Bertz CT molecular complexity index is 483. The Kier molecular flexibility index (Phi) is 2.94. The van der Waals surface area contributed by atoms with Crippen molar-refractivity contribution in [2.75, 3.05) is 17.2 Å². The summed E-state index contributed by atoms with van der Waals surface area (Å²) in [5, 5.41) is 0. The van der Waals surface area contributed by atoms with E-state index < -0.39 is 0 Å². The number of benzene rings is 1. The predicted molar refractivity (Wildman–Crippen MR) is 74.2 cm³/mol. The van der Waals surface area contributed by atoms with E-state index in [0.717, 1.165) is 15.7 Å². The molecule has 17 heavy (non-hydrogen) atoms. The minimum absolute atomic E-state index is 0.0436. The van der Waals surface area contributed by atoms with E-state index in [2.05, 4.69) is 35.8 Å². The molecule has 2 N–H and O–H groups in total. The van der Waals surface area contributed by atoms with E-state index in [0.29, 0.717) is 18.7 Å². The number of nitrogens with zero attached hydrogens (tertiary/aromatic N) is 1. The monoisotopic (exact) mass is 296 g/mol. The molecule has 0 atom stereocenters. The van der Waals surface area contributed by atoms with Crippen molar-refractivity contribution in [1.29, 1.82) is 0 Å². The average molecular weight is 297 g/mol. The summed E-state index contributed by atoms with van der Waals surface area (Å²) in [6.45, 7) is 6.86. The van der Waals surface area contributed by atoms with Gasteiger partial charge in [-0.25, -0.2) is 0 Å². The lowest BCUT2D eigenvalue weighted by Gasteiger charge is -2.20. The first-order valence-electron chi connectivity index (χ1n) is 5.76. The van der Waals surface area contributed by atoms with E-state index in [1.54, 1.807) is 0 Å². The van der Waals surface area contributed by atoms with Crippen molar-refractivity contribution in [3.05, 3.63) is 22.2 Å². The number of hydrogen-bond acceptors (Lipinski definition) is 2. The predicted octanol–water partition coefficient (Wildman–Crippen LogP) is 3.07. The van der Waals surface area contributed by atoms with Crippen LogP contribution in [0.1, 0.15) is 32.8 Å². The zero-order chi connectivity index (χ0) is 12.8. The van der Waals surface area contributed by atoms with Crippen molar-refractivity contribution in [2.24, 2.45) is 0 Å². The Labute approximate surface area is 110 Å². The van der Waals surface area contributed by atoms with Gasteiger partial charge in [0.1, 0.15) is 0 Å². The maximum absolute atomic E-state index is 12.0. The summed E-state index contributed by atoms with van der Waals surface area (Å²) >= 11 is 3.46. The van der Waals surface area contributed by atoms with Crippen molar-refractivity contribution < 1.29 is 4.79 Å². The van der Waals surface area contributed by atoms with E-state index in [9.17, 15) is 4.79 Å². The number of hydrogen-bond donors (Lipinski definition) is 1. The van der Waals surface area contributed by atoms with Crippen LogP contribution < -0.4 is 10.6 Å². The van der Waals surface area contributed by atoms with Gasteiger partial charge in [0, 0.05) is 22.9 Å². The molecular formula is C13H17BrN2O. The zero-order valence-electron chi connectivity index (χ0n) is 10.4. The van der Waals surface area contributed by atoms with Crippen LogP contribution in [0.25, 0.3) is 0 Å². The third-order valence-electron chi connectivity index (χ3n) is 3.26. The van der Waals surface area contributed by atoms with Crippen molar-refractivity contribution >= 4 is 33.2 Å². The molecule has 0 aliphatic carbocycles. The summed E-state index contributed by atoms with van der Waals surface area (Å²) in [4.78, 5) is 13.8. The molecule has 0 aromatic heterocycles. The Morgan fingerprint density at radius 3 is 2.76 bits per heavy atom. The summed E-state index contributed by atoms with van der Waals surface area (Å²) in [5.74, 6) is 0.130. The van der Waals surface area contributed by atoms with Gasteiger partial charge in [-0.1, -0.05) is 36.7 Å². The normalized spacial score (nSPS) is 17.1. The number of fused-ring (bicyclic) bond motifs is 1. The molecule has 1 aliphatic rings. The summed E-state index contributed by atoms with van der Waals surface area (Å²) < 4.78 is 0.965. The largest absolute Gasteiger partial charge is 0.397 e. The van der Waals surface area contributed by atoms with Gasteiger partial charge in [0.05, 0.1) is 11.4 Å². The van der Waals surface area contributed by atoms with Gasteiger partial charge >= 0.3 is 0 Å². The van der Waals surface area contributed by atoms with Crippen molar-refractivity contribution in [3.63, 3.8) is 0 Å². The molecule has 0 radical (unpaired) electrons. The van der Waals surface area contributed by atoms with Crippen LogP contribution in [-0.4, -0.2) is 12.5 Å². The maximum Gasteiger partial charge on any atom is 0.226 e. The van der Waals surface area contributed by atoms with E-state index in [4.69, 9.17) is 5.73 Å². The first-order valence-corrected chi connectivity index (χ1v) is 6.56. The van der Waals surface area contributed by atoms with Crippen LogP contribution in [0.5, 0.6) is 0 Å².